The maximum atomic E-state index is 2.36. The van der Waals surface area contributed by atoms with Gasteiger partial charge in [-0.25, -0.2) is 0 Å². The number of rotatable bonds is 26. The Morgan fingerprint density at radius 3 is 0.800 bits per heavy atom. The van der Waals surface area contributed by atoms with Crippen LogP contribution in [0.4, 0.5) is 0 Å². The second-order valence-corrected chi connectivity index (χ2v) is 10.3. The topological polar surface area (TPSA) is 0 Å². The molecular formula is C30H62. The Hall–Kier alpha value is 0. The summed E-state index contributed by atoms with van der Waals surface area (Å²) in [4.78, 5) is 0. The van der Waals surface area contributed by atoms with Gasteiger partial charge in [0.15, 0.2) is 0 Å². The van der Waals surface area contributed by atoms with Crippen molar-refractivity contribution in [2.24, 2.45) is 5.92 Å². The lowest BCUT2D eigenvalue weighted by atomic mass is 9.90. The van der Waals surface area contributed by atoms with Gasteiger partial charge in [0, 0.05) is 0 Å². The van der Waals surface area contributed by atoms with E-state index < -0.39 is 0 Å². The van der Waals surface area contributed by atoms with Gasteiger partial charge in [-0.2, -0.15) is 0 Å². The third-order valence-corrected chi connectivity index (χ3v) is 7.15. The fourth-order valence-electron chi connectivity index (χ4n) is 4.94. The molecule has 0 rings (SSSR count). The molecule has 0 fully saturated rings. The summed E-state index contributed by atoms with van der Waals surface area (Å²) in [5, 5.41) is 0. The molecule has 0 heteroatoms. The normalized spacial score (nSPS) is 12.5. The van der Waals surface area contributed by atoms with Crippen LogP contribution >= 0.6 is 0 Å². The maximum absolute atomic E-state index is 2.36. The molecule has 182 valence electrons. The van der Waals surface area contributed by atoms with Gasteiger partial charge in [-0.1, -0.05) is 188 Å². The molecule has 0 aliphatic carbocycles. The van der Waals surface area contributed by atoms with Crippen molar-refractivity contribution in [2.45, 2.75) is 188 Å². The first kappa shape index (κ1) is 30.0. The minimum Gasteiger partial charge on any atom is -0.0654 e. The number of hydrogen-bond acceptors (Lipinski definition) is 0. The molecule has 0 aromatic heterocycles. The van der Waals surface area contributed by atoms with Crippen LogP contribution in [0.25, 0.3) is 0 Å². The highest BCUT2D eigenvalue weighted by atomic mass is 14.1. The first-order valence-corrected chi connectivity index (χ1v) is 14.8. The summed E-state index contributed by atoms with van der Waals surface area (Å²) in [5.74, 6) is 1.04. The minimum atomic E-state index is 1.04. The zero-order valence-corrected chi connectivity index (χ0v) is 22.0. The second kappa shape index (κ2) is 27.0. The lowest BCUT2D eigenvalue weighted by Gasteiger charge is -2.16. The van der Waals surface area contributed by atoms with E-state index in [1.165, 1.54) is 167 Å². The first-order valence-electron chi connectivity index (χ1n) is 14.8. The van der Waals surface area contributed by atoms with E-state index in [0.717, 1.165) is 5.92 Å². The van der Waals surface area contributed by atoms with Crippen LogP contribution in [0.2, 0.25) is 0 Å². The van der Waals surface area contributed by atoms with Crippen molar-refractivity contribution in [1.82, 2.24) is 0 Å². The van der Waals surface area contributed by atoms with Crippen LogP contribution in [0.5, 0.6) is 0 Å². The van der Waals surface area contributed by atoms with Crippen LogP contribution in [-0.4, -0.2) is 0 Å². The van der Waals surface area contributed by atoms with Crippen LogP contribution in [0.15, 0.2) is 0 Å². The van der Waals surface area contributed by atoms with Gasteiger partial charge in [0.05, 0.1) is 0 Å². The summed E-state index contributed by atoms with van der Waals surface area (Å²) in [6, 6.07) is 0. The summed E-state index contributed by atoms with van der Waals surface area (Å²) in [6.07, 6.45) is 38.3. The SMILES string of the molecule is CCCCCCCCCCCCCCC(CCCC)CCCCCCCCCCC. The Bertz CT molecular complexity index is 282. The monoisotopic (exact) mass is 422 g/mol. The molecule has 30 heavy (non-hydrogen) atoms. The average molecular weight is 423 g/mol. The summed E-state index contributed by atoms with van der Waals surface area (Å²) in [5.41, 5.74) is 0. The van der Waals surface area contributed by atoms with E-state index in [0.29, 0.717) is 0 Å². The standard InChI is InChI=1S/C30H62/c1-4-7-10-12-14-16-17-18-20-22-24-26-29-30(27-9-6-3)28-25-23-21-19-15-13-11-8-5-2/h30H,4-29H2,1-3H3. The van der Waals surface area contributed by atoms with Crippen molar-refractivity contribution in [3.05, 3.63) is 0 Å². The molecule has 0 aromatic carbocycles. The maximum Gasteiger partial charge on any atom is -0.0414 e. The molecule has 0 radical (unpaired) electrons. The molecule has 1 unspecified atom stereocenters. The largest absolute Gasteiger partial charge is 0.0654 e. The lowest BCUT2D eigenvalue weighted by Crippen LogP contribution is -2.01. The van der Waals surface area contributed by atoms with Crippen LogP contribution in [0.1, 0.15) is 188 Å². The Labute approximate surface area is 193 Å². The molecule has 0 bridgehead atoms. The lowest BCUT2D eigenvalue weighted by molar-refractivity contribution is 0.370. The van der Waals surface area contributed by atoms with Gasteiger partial charge in [0.25, 0.3) is 0 Å². The van der Waals surface area contributed by atoms with Crippen molar-refractivity contribution >= 4 is 0 Å². The summed E-state index contributed by atoms with van der Waals surface area (Å²) < 4.78 is 0. The van der Waals surface area contributed by atoms with Gasteiger partial charge >= 0.3 is 0 Å². The zero-order chi connectivity index (χ0) is 22.0. The van der Waals surface area contributed by atoms with Crippen LogP contribution in [-0.2, 0) is 0 Å². The van der Waals surface area contributed by atoms with E-state index in [4.69, 9.17) is 0 Å². The summed E-state index contributed by atoms with van der Waals surface area (Å²) in [6.45, 7) is 6.98. The Morgan fingerprint density at radius 1 is 0.267 bits per heavy atom. The van der Waals surface area contributed by atoms with Crippen molar-refractivity contribution in [1.29, 1.82) is 0 Å². The molecule has 0 heterocycles. The van der Waals surface area contributed by atoms with E-state index >= 15 is 0 Å². The van der Waals surface area contributed by atoms with Crippen molar-refractivity contribution in [3.8, 4) is 0 Å². The highest BCUT2D eigenvalue weighted by molar-refractivity contribution is 4.61. The molecule has 1 atom stereocenters. The third kappa shape index (κ3) is 24.3. The Balaban J connectivity index is 3.50. The van der Waals surface area contributed by atoms with Crippen LogP contribution < -0.4 is 0 Å². The molecule has 0 aliphatic rings. The molecule has 0 saturated heterocycles. The van der Waals surface area contributed by atoms with Crippen molar-refractivity contribution in [2.75, 3.05) is 0 Å². The van der Waals surface area contributed by atoms with Gasteiger partial charge in [-0.05, 0) is 5.92 Å². The molecule has 0 aliphatic heterocycles. The van der Waals surface area contributed by atoms with Gasteiger partial charge in [-0.15, -0.1) is 0 Å². The molecule has 0 nitrogen and oxygen atoms in total. The number of unbranched alkanes of at least 4 members (excludes halogenated alkanes) is 20. The minimum absolute atomic E-state index is 1.04. The quantitative estimate of drug-likeness (QED) is 0.122. The smallest absolute Gasteiger partial charge is 0.0414 e. The predicted molar refractivity (Wildman–Crippen MR) is 141 cm³/mol. The van der Waals surface area contributed by atoms with E-state index in [-0.39, 0.29) is 0 Å². The molecule has 0 saturated carbocycles. The van der Waals surface area contributed by atoms with E-state index in [2.05, 4.69) is 20.8 Å². The molecule has 0 amide bonds. The first-order chi connectivity index (χ1) is 14.8. The Morgan fingerprint density at radius 2 is 0.500 bits per heavy atom. The molecule has 0 spiro atoms. The van der Waals surface area contributed by atoms with E-state index in [1.807, 2.05) is 0 Å². The van der Waals surface area contributed by atoms with Gasteiger partial charge < -0.3 is 0 Å². The highest BCUT2D eigenvalue weighted by Gasteiger charge is 2.08. The number of hydrogen-bond donors (Lipinski definition) is 0. The van der Waals surface area contributed by atoms with Crippen molar-refractivity contribution in [3.63, 3.8) is 0 Å². The predicted octanol–water partition coefficient (Wildman–Crippen LogP) is 11.8. The second-order valence-electron chi connectivity index (χ2n) is 10.3. The van der Waals surface area contributed by atoms with Gasteiger partial charge in [0.2, 0.25) is 0 Å². The molecule has 0 N–H and O–H groups in total. The van der Waals surface area contributed by atoms with Crippen molar-refractivity contribution < 1.29 is 0 Å². The fourth-order valence-corrected chi connectivity index (χ4v) is 4.94. The summed E-state index contributed by atoms with van der Waals surface area (Å²) >= 11 is 0. The fraction of sp³-hybridized carbons (Fsp3) is 1.00. The van der Waals surface area contributed by atoms with Gasteiger partial charge in [-0.3, -0.25) is 0 Å². The molecular weight excluding hydrogens is 360 g/mol. The third-order valence-electron chi connectivity index (χ3n) is 7.15. The van der Waals surface area contributed by atoms with E-state index in [1.54, 1.807) is 0 Å². The average Bonchev–Trinajstić information content (AvgIpc) is 2.76. The highest BCUT2D eigenvalue weighted by Crippen LogP contribution is 2.24. The van der Waals surface area contributed by atoms with Crippen LogP contribution in [0, 0.1) is 5.92 Å². The molecule has 0 aromatic rings. The van der Waals surface area contributed by atoms with Gasteiger partial charge in [0.1, 0.15) is 0 Å². The van der Waals surface area contributed by atoms with E-state index in [9.17, 15) is 0 Å². The Kier molecular flexibility index (Phi) is 27.0. The summed E-state index contributed by atoms with van der Waals surface area (Å²) in [7, 11) is 0. The van der Waals surface area contributed by atoms with Crippen LogP contribution in [0.3, 0.4) is 0 Å². The zero-order valence-electron chi connectivity index (χ0n) is 22.0.